The van der Waals surface area contributed by atoms with Gasteiger partial charge in [0.05, 0.1) is 18.5 Å². The normalized spacial score (nSPS) is 11.5. The molecule has 0 saturated heterocycles. The Balaban J connectivity index is 1.66. The van der Waals surface area contributed by atoms with Crippen LogP contribution in [0.3, 0.4) is 0 Å². The molecule has 37 heavy (non-hydrogen) atoms. The van der Waals surface area contributed by atoms with Gasteiger partial charge in [0, 0.05) is 5.69 Å². The Labute approximate surface area is 214 Å². The van der Waals surface area contributed by atoms with Crippen LogP contribution in [-0.4, -0.2) is 46.4 Å². The number of esters is 2. The van der Waals surface area contributed by atoms with Crippen molar-refractivity contribution in [2.75, 3.05) is 11.9 Å². The number of carbonyl (C=O) groups is 4. The van der Waals surface area contributed by atoms with Crippen molar-refractivity contribution in [3.05, 3.63) is 83.4 Å². The second kappa shape index (κ2) is 13.0. The molecule has 1 atom stereocenters. The highest BCUT2D eigenvalue weighted by Crippen LogP contribution is 2.14. The number of anilines is 1. The number of aromatic amines is 1. The number of H-pyrrole nitrogens is 1. The summed E-state index contributed by atoms with van der Waals surface area (Å²) in [5, 5.41) is 5.30. The maximum Gasteiger partial charge on any atom is 0.338 e. The van der Waals surface area contributed by atoms with Gasteiger partial charge in [0.1, 0.15) is 18.3 Å². The molecule has 10 heteroatoms. The van der Waals surface area contributed by atoms with Crippen LogP contribution in [0.2, 0.25) is 0 Å². The monoisotopic (exact) mass is 506 g/mol. The van der Waals surface area contributed by atoms with E-state index in [1.807, 2.05) is 44.2 Å². The predicted octanol–water partition coefficient (Wildman–Crippen LogP) is 3.73. The summed E-state index contributed by atoms with van der Waals surface area (Å²) >= 11 is 0. The third kappa shape index (κ3) is 7.76. The largest absolute Gasteiger partial charge is 0.462 e. The lowest BCUT2D eigenvalue weighted by molar-refractivity contribution is -0.147. The predicted molar refractivity (Wildman–Crippen MR) is 136 cm³/mol. The molecule has 1 heterocycles. The summed E-state index contributed by atoms with van der Waals surface area (Å²) in [7, 11) is 0. The van der Waals surface area contributed by atoms with Crippen LogP contribution < -0.4 is 10.6 Å². The summed E-state index contributed by atoms with van der Waals surface area (Å²) in [6.07, 6.45) is 1.57. The van der Waals surface area contributed by atoms with Crippen molar-refractivity contribution in [2.45, 2.75) is 39.8 Å². The fourth-order valence-electron chi connectivity index (χ4n) is 3.48. The first-order valence-corrected chi connectivity index (χ1v) is 11.9. The van der Waals surface area contributed by atoms with E-state index in [0.29, 0.717) is 17.7 Å². The van der Waals surface area contributed by atoms with Gasteiger partial charge in [-0.05, 0) is 49.1 Å². The number of amides is 2. The molecule has 0 aliphatic carbocycles. The van der Waals surface area contributed by atoms with Gasteiger partial charge in [-0.1, -0.05) is 44.2 Å². The molecule has 0 saturated carbocycles. The Bertz CT molecular complexity index is 1220. The number of hydrogen-bond donors (Lipinski definition) is 3. The summed E-state index contributed by atoms with van der Waals surface area (Å²) < 4.78 is 10.4. The molecule has 3 aromatic rings. The van der Waals surface area contributed by atoms with Crippen molar-refractivity contribution in [1.29, 1.82) is 0 Å². The molecule has 0 unspecified atom stereocenters. The highest BCUT2D eigenvalue weighted by atomic mass is 16.5. The molecule has 0 bridgehead atoms. The lowest BCUT2D eigenvalue weighted by atomic mass is 10.0. The zero-order valence-electron chi connectivity index (χ0n) is 20.9. The third-order valence-electron chi connectivity index (χ3n) is 5.26. The van der Waals surface area contributed by atoms with E-state index in [0.717, 1.165) is 5.56 Å². The summed E-state index contributed by atoms with van der Waals surface area (Å²) in [5.74, 6) is -2.25. The molecule has 194 valence electrons. The molecular weight excluding hydrogens is 476 g/mol. The van der Waals surface area contributed by atoms with E-state index < -0.39 is 29.8 Å². The van der Waals surface area contributed by atoms with Crippen LogP contribution >= 0.6 is 0 Å². The summed E-state index contributed by atoms with van der Waals surface area (Å²) in [5.41, 5.74) is 1.33. The fraction of sp³-hybridized carbons (Fsp3) is 0.296. The minimum atomic E-state index is -0.911. The third-order valence-corrected chi connectivity index (χ3v) is 5.26. The summed E-state index contributed by atoms with van der Waals surface area (Å²) in [4.78, 5) is 57.0. The van der Waals surface area contributed by atoms with Gasteiger partial charge in [-0.2, -0.15) is 0 Å². The fourth-order valence-corrected chi connectivity index (χ4v) is 3.48. The number of carbonyl (C=O) groups excluding carboxylic acids is 4. The number of benzene rings is 2. The molecule has 2 amide bonds. The Morgan fingerprint density at radius 2 is 1.65 bits per heavy atom. The van der Waals surface area contributed by atoms with Gasteiger partial charge in [0.25, 0.3) is 11.8 Å². The van der Waals surface area contributed by atoms with Crippen molar-refractivity contribution in [2.24, 2.45) is 5.92 Å². The topological polar surface area (TPSA) is 139 Å². The number of rotatable bonds is 11. The number of hydrogen-bond acceptors (Lipinski definition) is 7. The van der Waals surface area contributed by atoms with Crippen molar-refractivity contribution in [3.8, 4) is 0 Å². The van der Waals surface area contributed by atoms with Gasteiger partial charge in [0.2, 0.25) is 0 Å². The van der Waals surface area contributed by atoms with Gasteiger partial charge in [-0.25, -0.2) is 14.6 Å². The van der Waals surface area contributed by atoms with Gasteiger partial charge < -0.3 is 25.1 Å². The smallest absolute Gasteiger partial charge is 0.338 e. The first kappa shape index (κ1) is 27.1. The molecule has 0 fully saturated rings. The van der Waals surface area contributed by atoms with Crippen LogP contribution in [0.15, 0.2) is 60.9 Å². The molecule has 2 aromatic carbocycles. The molecular formula is C27H30N4O6. The minimum absolute atomic E-state index is 0.0802. The first-order chi connectivity index (χ1) is 17.8. The Kier molecular flexibility index (Phi) is 9.54. The second-order valence-corrected chi connectivity index (χ2v) is 8.63. The Morgan fingerprint density at radius 1 is 0.946 bits per heavy atom. The van der Waals surface area contributed by atoms with Crippen molar-refractivity contribution in [3.63, 3.8) is 0 Å². The van der Waals surface area contributed by atoms with E-state index >= 15 is 0 Å². The highest BCUT2D eigenvalue weighted by Gasteiger charge is 2.27. The van der Waals surface area contributed by atoms with Gasteiger partial charge in [-0.3, -0.25) is 9.59 Å². The number of nitrogens with zero attached hydrogens (tertiary/aromatic N) is 1. The second-order valence-electron chi connectivity index (χ2n) is 8.63. The SMILES string of the molecule is CCOC(=O)c1ccc(NC(=O)c2nc[nH]c2C(=O)N[C@@H](CC(C)C)C(=O)OCc2ccccc2)cc1. The van der Waals surface area contributed by atoms with E-state index in [1.165, 1.54) is 30.6 Å². The number of imidazole rings is 1. The number of ether oxygens (including phenoxy) is 2. The molecule has 3 rings (SSSR count). The zero-order valence-corrected chi connectivity index (χ0v) is 20.9. The van der Waals surface area contributed by atoms with Crippen LogP contribution in [-0.2, 0) is 20.9 Å². The van der Waals surface area contributed by atoms with Gasteiger partial charge >= 0.3 is 11.9 Å². The average molecular weight is 507 g/mol. The molecule has 1 aromatic heterocycles. The maximum atomic E-state index is 13.0. The van der Waals surface area contributed by atoms with E-state index in [9.17, 15) is 19.2 Å². The average Bonchev–Trinajstić information content (AvgIpc) is 3.38. The summed E-state index contributed by atoms with van der Waals surface area (Å²) in [6.45, 7) is 5.89. The van der Waals surface area contributed by atoms with Crippen LogP contribution in [0.1, 0.15) is 64.1 Å². The standard InChI is InChI=1S/C27H30N4O6/c1-4-36-26(34)19-10-12-20(13-11-19)30-24(32)22-23(29-16-28-22)25(33)31-21(14-17(2)3)27(35)37-15-18-8-6-5-7-9-18/h5-13,16-17,21H,4,14-15H2,1-3H3,(H,28,29)(H,30,32)(H,31,33)/t21-/m0/s1. The Hall–Kier alpha value is -4.47. The van der Waals surface area contributed by atoms with E-state index in [2.05, 4.69) is 20.6 Å². The number of nitrogens with one attached hydrogen (secondary N) is 3. The first-order valence-electron chi connectivity index (χ1n) is 11.9. The zero-order chi connectivity index (χ0) is 26.8. The van der Waals surface area contributed by atoms with Crippen LogP contribution in [0.5, 0.6) is 0 Å². The van der Waals surface area contributed by atoms with Crippen LogP contribution in [0, 0.1) is 5.92 Å². The lowest BCUT2D eigenvalue weighted by Crippen LogP contribution is -2.43. The number of aromatic nitrogens is 2. The van der Waals surface area contributed by atoms with Crippen LogP contribution in [0.4, 0.5) is 5.69 Å². The molecule has 0 aliphatic heterocycles. The minimum Gasteiger partial charge on any atom is -0.462 e. The van der Waals surface area contributed by atoms with Crippen molar-refractivity contribution >= 4 is 29.4 Å². The quantitative estimate of drug-likeness (QED) is 0.337. The molecule has 0 spiro atoms. The molecule has 3 N–H and O–H groups in total. The van der Waals surface area contributed by atoms with Crippen molar-refractivity contribution < 1.29 is 28.7 Å². The summed E-state index contributed by atoms with van der Waals surface area (Å²) in [6, 6.07) is 14.4. The molecule has 0 aliphatic rings. The Morgan fingerprint density at radius 3 is 2.30 bits per heavy atom. The van der Waals surface area contributed by atoms with Gasteiger partial charge in [0.15, 0.2) is 5.69 Å². The highest BCUT2D eigenvalue weighted by molar-refractivity contribution is 6.10. The van der Waals surface area contributed by atoms with E-state index in [4.69, 9.17) is 9.47 Å². The molecule has 0 radical (unpaired) electrons. The van der Waals surface area contributed by atoms with Gasteiger partial charge in [-0.15, -0.1) is 0 Å². The van der Waals surface area contributed by atoms with Crippen LogP contribution in [0.25, 0.3) is 0 Å². The lowest BCUT2D eigenvalue weighted by Gasteiger charge is -2.19. The van der Waals surface area contributed by atoms with E-state index in [-0.39, 0.29) is 30.5 Å². The maximum absolute atomic E-state index is 13.0. The van der Waals surface area contributed by atoms with E-state index in [1.54, 1.807) is 6.92 Å². The molecule has 10 nitrogen and oxygen atoms in total. The van der Waals surface area contributed by atoms with Crippen molar-refractivity contribution in [1.82, 2.24) is 15.3 Å².